The molecule has 0 spiro atoms. The first-order chi connectivity index (χ1) is 8.73. The maximum Gasteiger partial charge on any atom is 0.137 e. The molecule has 0 fully saturated rings. The van der Waals surface area contributed by atoms with Gasteiger partial charge in [-0.2, -0.15) is 0 Å². The Morgan fingerprint density at radius 3 is 1.33 bits per heavy atom. The van der Waals surface area contributed by atoms with Gasteiger partial charge >= 0.3 is 0 Å². The van der Waals surface area contributed by atoms with Gasteiger partial charge in [0.05, 0.1) is 0 Å². The Morgan fingerprint density at radius 1 is 0.667 bits per heavy atom. The van der Waals surface area contributed by atoms with Crippen LogP contribution < -0.4 is 0 Å². The van der Waals surface area contributed by atoms with E-state index >= 15 is 0 Å². The van der Waals surface area contributed by atoms with Crippen molar-refractivity contribution >= 4 is 0 Å². The van der Waals surface area contributed by atoms with E-state index < -0.39 is 0 Å². The van der Waals surface area contributed by atoms with Gasteiger partial charge in [-0.05, 0) is 12.1 Å². The number of hydrogen-bond donors (Lipinski definition) is 4. The first-order valence-electron chi connectivity index (χ1n) is 5.40. The topological polar surface area (TPSA) is 107 Å². The van der Waals surface area contributed by atoms with Gasteiger partial charge in [-0.15, -0.1) is 0 Å². The normalized spacial score (nSPS) is 11.1. The molecule has 0 aromatic carbocycles. The van der Waals surface area contributed by atoms with Gasteiger partial charge in [0.2, 0.25) is 0 Å². The highest BCUT2D eigenvalue weighted by atomic mass is 16.4. The van der Waals surface area contributed by atoms with Crippen LogP contribution in [0.1, 0.15) is 23.0 Å². The minimum Gasteiger partial charge on any atom is -0.460 e. The molecule has 0 aliphatic rings. The lowest BCUT2D eigenvalue weighted by Gasteiger charge is -1.98. The van der Waals surface area contributed by atoms with Crippen molar-refractivity contribution in [2.24, 2.45) is 0 Å². The Morgan fingerprint density at radius 2 is 1.06 bits per heavy atom. The van der Waals surface area contributed by atoms with E-state index in [9.17, 15) is 10.2 Å². The molecule has 2 aromatic rings. The molecule has 2 rings (SSSR count). The molecule has 0 amide bonds. The summed E-state index contributed by atoms with van der Waals surface area (Å²) in [5.74, 6) is 1.17. The van der Waals surface area contributed by atoms with Crippen molar-refractivity contribution in [3.05, 3.63) is 35.2 Å². The van der Waals surface area contributed by atoms with Crippen molar-refractivity contribution in [1.29, 1.82) is 0 Å². The summed E-state index contributed by atoms with van der Waals surface area (Å²) in [6, 6.07) is 3.13. The SMILES string of the molecule is OCc1cc(-c2cc(CO)oc2CO)c(CO)o1. The largest absolute Gasteiger partial charge is 0.460 e. The Bertz CT molecular complexity index is 476. The second-order valence-electron chi connectivity index (χ2n) is 3.73. The van der Waals surface area contributed by atoms with Crippen LogP contribution in [0, 0.1) is 0 Å². The van der Waals surface area contributed by atoms with Crippen molar-refractivity contribution in [1.82, 2.24) is 0 Å². The lowest BCUT2D eigenvalue weighted by molar-refractivity contribution is 0.214. The van der Waals surface area contributed by atoms with Gasteiger partial charge in [-0.3, -0.25) is 0 Å². The molecule has 0 bridgehead atoms. The fraction of sp³-hybridized carbons (Fsp3) is 0.333. The fourth-order valence-electron chi connectivity index (χ4n) is 1.81. The predicted molar refractivity (Wildman–Crippen MR) is 60.1 cm³/mol. The summed E-state index contributed by atoms with van der Waals surface area (Å²) in [5, 5.41) is 36.4. The smallest absolute Gasteiger partial charge is 0.137 e. The Kier molecular flexibility index (Phi) is 3.83. The van der Waals surface area contributed by atoms with E-state index in [2.05, 4.69) is 0 Å². The van der Waals surface area contributed by atoms with E-state index in [0.29, 0.717) is 22.6 Å². The summed E-state index contributed by atoms with van der Waals surface area (Å²) in [7, 11) is 0. The van der Waals surface area contributed by atoms with Crippen LogP contribution in [0.5, 0.6) is 0 Å². The van der Waals surface area contributed by atoms with Gasteiger partial charge in [0, 0.05) is 11.1 Å². The summed E-state index contributed by atoms with van der Waals surface area (Å²) >= 11 is 0. The average Bonchev–Trinajstić information content (AvgIpc) is 3.01. The zero-order chi connectivity index (χ0) is 13.1. The maximum atomic E-state index is 9.20. The van der Waals surface area contributed by atoms with E-state index in [1.807, 2.05) is 0 Å². The Labute approximate surface area is 103 Å². The lowest BCUT2D eigenvalue weighted by Crippen LogP contribution is -1.86. The highest BCUT2D eigenvalue weighted by molar-refractivity contribution is 5.68. The van der Waals surface area contributed by atoms with Crippen LogP contribution in [0.2, 0.25) is 0 Å². The summed E-state index contributed by atoms with van der Waals surface area (Å²) in [4.78, 5) is 0. The summed E-state index contributed by atoms with van der Waals surface area (Å²) < 4.78 is 10.4. The molecule has 2 aromatic heterocycles. The van der Waals surface area contributed by atoms with Crippen LogP contribution in [0.15, 0.2) is 21.0 Å². The highest BCUT2D eigenvalue weighted by Crippen LogP contribution is 2.32. The fourth-order valence-corrected chi connectivity index (χ4v) is 1.81. The first-order valence-corrected chi connectivity index (χ1v) is 5.40. The number of aliphatic hydroxyl groups excluding tert-OH is 4. The van der Waals surface area contributed by atoms with Crippen molar-refractivity contribution < 1.29 is 29.3 Å². The van der Waals surface area contributed by atoms with E-state index in [4.69, 9.17) is 19.0 Å². The van der Waals surface area contributed by atoms with Crippen LogP contribution in [-0.2, 0) is 26.4 Å². The molecule has 0 unspecified atom stereocenters. The predicted octanol–water partition coefficient (Wildman–Crippen LogP) is 0.509. The van der Waals surface area contributed by atoms with Gasteiger partial charge in [-0.25, -0.2) is 0 Å². The van der Waals surface area contributed by atoms with Crippen molar-refractivity contribution in [2.45, 2.75) is 26.4 Å². The Balaban J connectivity index is 2.52. The van der Waals surface area contributed by atoms with Crippen molar-refractivity contribution in [3.63, 3.8) is 0 Å². The highest BCUT2D eigenvalue weighted by Gasteiger charge is 2.18. The molecule has 0 saturated heterocycles. The third-order valence-corrected chi connectivity index (χ3v) is 2.61. The molecule has 0 aliphatic heterocycles. The van der Waals surface area contributed by atoms with Gasteiger partial charge in [0.15, 0.2) is 0 Å². The molecule has 18 heavy (non-hydrogen) atoms. The Hall–Kier alpha value is -1.60. The van der Waals surface area contributed by atoms with Gasteiger partial charge < -0.3 is 29.3 Å². The molecule has 2 heterocycles. The van der Waals surface area contributed by atoms with E-state index in [1.54, 1.807) is 12.1 Å². The number of rotatable bonds is 5. The second-order valence-corrected chi connectivity index (χ2v) is 3.73. The molecule has 98 valence electrons. The zero-order valence-electron chi connectivity index (χ0n) is 9.59. The third kappa shape index (κ3) is 2.19. The van der Waals surface area contributed by atoms with Gasteiger partial charge in [0.1, 0.15) is 49.5 Å². The van der Waals surface area contributed by atoms with E-state index in [1.165, 1.54) is 0 Å². The minimum absolute atomic E-state index is 0.277. The van der Waals surface area contributed by atoms with Gasteiger partial charge in [-0.1, -0.05) is 0 Å². The zero-order valence-corrected chi connectivity index (χ0v) is 9.59. The number of hydrogen-bond acceptors (Lipinski definition) is 6. The number of furan rings is 2. The maximum absolute atomic E-state index is 9.20. The third-order valence-electron chi connectivity index (χ3n) is 2.61. The molecule has 0 aliphatic carbocycles. The molecule has 4 N–H and O–H groups in total. The van der Waals surface area contributed by atoms with Crippen LogP contribution in [0.25, 0.3) is 11.1 Å². The first kappa shape index (κ1) is 12.8. The summed E-state index contributed by atoms with van der Waals surface area (Å²) in [6.07, 6.45) is 0. The molecular weight excluding hydrogens is 240 g/mol. The monoisotopic (exact) mass is 254 g/mol. The van der Waals surface area contributed by atoms with Crippen LogP contribution in [0.3, 0.4) is 0 Å². The van der Waals surface area contributed by atoms with E-state index in [-0.39, 0.29) is 37.9 Å². The molecular formula is C12H14O6. The summed E-state index contributed by atoms with van der Waals surface area (Å²) in [5.41, 5.74) is 1.07. The standard InChI is InChI=1S/C12H14O6/c13-3-7-1-9(11(5-15)17-7)10-2-8(4-14)18-12(10)6-16/h1-2,13-16H,3-6H2. The van der Waals surface area contributed by atoms with E-state index in [0.717, 1.165) is 0 Å². The molecule has 0 radical (unpaired) electrons. The van der Waals surface area contributed by atoms with Crippen LogP contribution in [-0.4, -0.2) is 20.4 Å². The average molecular weight is 254 g/mol. The van der Waals surface area contributed by atoms with Crippen molar-refractivity contribution in [3.8, 4) is 11.1 Å². The van der Waals surface area contributed by atoms with Crippen LogP contribution in [0.4, 0.5) is 0 Å². The molecule has 0 atom stereocenters. The summed E-state index contributed by atoms with van der Waals surface area (Å²) in [6.45, 7) is -1.24. The molecule has 0 saturated carbocycles. The molecule has 6 heteroatoms. The lowest BCUT2D eigenvalue weighted by atomic mass is 10.1. The molecule has 6 nitrogen and oxygen atoms in total. The minimum atomic E-state index is -0.333. The second kappa shape index (κ2) is 5.36. The quantitative estimate of drug-likeness (QED) is 0.619. The van der Waals surface area contributed by atoms with Crippen molar-refractivity contribution in [2.75, 3.05) is 0 Å². The number of aliphatic hydroxyl groups is 4. The van der Waals surface area contributed by atoms with Crippen LogP contribution >= 0.6 is 0 Å². The van der Waals surface area contributed by atoms with Gasteiger partial charge in [0.25, 0.3) is 0 Å².